The number of nitrogens with zero attached hydrogens (tertiary/aromatic N) is 4. The van der Waals surface area contributed by atoms with Crippen molar-refractivity contribution in [3.63, 3.8) is 0 Å². The lowest BCUT2D eigenvalue weighted by Gasteiger charge is -2.25. The van der Waals surface area contributed by atoms with E-state index in [4.69, 9.17) is 5.11 Å². The van der Waals surface area contributed by atoms with Crippen LogP contribution >= 0.6 is 0 Å². The third-order valence-electron chi connectivity index (χ3n) is 2.48. The van der Waals surface area contributed by atoms with Crippen LogP contribution in [0, 0.1) is 0 Å². The van der Waals surface area contributed by atoms with Crippen molar-refractivity contribution in [1.29, 1.82) is 0 Å². The van der Waals surface area contributed by atoms with Gasteiger partial charge in [0.1, 0.15) is 12.2 Å². The van der Waals surface area contributed by atoms with E-state index in [2.05, 4.69) is 28.8 Å². The van der Waals surface area contributed by atoms with Gasteiger partial charge in [0.2, 0.25) is 0 Å². The van der Waals surface area contributed by atoms with Gasteiger partial charge >= 0.3 is 0 Å². The van der Waals surface area contributed by atoms with Crippen LogP contribution in [-0.4, -0.2) is 44.0 Å². The van der Waals surface area contributed by atoms with Gasteiger partial charge in [0.05, 0.1) is 6.54 Å². The molecule has 0 aliphatic carbocycles. The number of aryl methyl sites for hydroxylation is 1. The SMILES string of the molecule is CC(C)N(CCCO)Cc1ncnn1C. The molecule has 0 aliphatic rings. The highest BCUT2D eigenvalue weighted by Crippen LogP contribution is 2.05. The van der Waals surface area contributed by atoms with Crippen LogP contribution in [0.4, 0.5) is 0 Å². The largest absolute Gasteiger partial charge is 0.396 e. The lowest BCUT2D eigenvalue weighted by atomic mass is 10.3. The van der Waals surface area contributed by atoms with Gasteiger partial charge in [0.25, 0.3) is 0 Å². The first-order valence-electron chi connectivity index (χ1n) is 5.33. The molecule has 1 rings (SSSR count). The Kier molecular flexibility index (Phi) is 4.71. The highest BCUT2D eigenvalue weighted by Gasteiger charge is 2.12. The zero-order valence-corrected chi connectivity index (χ0v) is 9.72. The molecule has 15 heavy (non-hydrogen) atoms. The molecule has 0 aliphatic heterocycles. The van der Waals surface area contributed by atoms with Gasteiger partial charge in [0, 0.05) is 26.2 Å². The summed E-state index contributed by atoms with van der Waals surface area (Å²) in [6.07, 6.45) is 2.37. The fourth-order valence-electron chi connectivity index (χ4n) is 1.44. The van der Waals surface area contributed by atoms with E-state index in [1.54, 1.807) is 11.0 Å². The predicted octanol–water partition coefficient (Wildman–Crippen LogP) is 0.408. The molecule has 0 bridgehead atoms. The van der Waals surface area contributed by atoms with Crippen molar-refractivity contribution in [3.05, 3.63) is 12.2 Å². The third-order valence-corrected chi connectivity index (χ3v) is 2.48. The molecule has 0 fully saturated rings. The van der Waals surface area contributed by atoms with Crippen LogP contribution in [0.25, 0.3) is 0 Å². The Morgan fingerprint density at radius 3 is 2.73 bits per heavy atom. The second-order valence-corrected chi connectivity index (χ2v) is 3.94. The van der Waals surface area contributed by atoms with Crippen LogP contribution in [-0.2, 0) is 13.6 Å². The fraction of sp³-hybridized carbons (Fsp3) is 0.800. The summed E-state index contributed by atoms with van der Waals surface area (Å²) in [5.41, 5.74) is 0. The number of aromatic nitrogens is 3. The molecule has 0 saturated carbocycles. The molecule has 1 N–H and O–H groups in total. The number of hydrogen-bond acceptors (Lipinski definition) is 4. The first kappa shape index (κ1) is 12.1. The van der Waals surface area contributed by atoms with Gasteiger partial charge in [0.15, 0.2) is 0 Å². The summed E-state index contributed by atoms with van der Waals surface area (Å²) in [6.45, 7) is 6.21. The Balaban J connectivity index is 2.54. The topological polar surface area (TPSA) is 54.2 Å². The van der Waals surface area contributed by atoms with Crippen molar-refractivity contribution >= 4 is 0 Å². The highest BCUT2D eigenvalue weighted by molar-refractivity contribution is 4.84. The van der Waals surface area contributed by atoms with E-state index in [0.717, 1.165) is 25.3 Å². The van der Waals surface area contributed by atoms with Gasteiger partial charge in [-0.25, -0.2) is 4.98 Å². The molecule has 0 saturated heterocycles. The molecule has 0 unspecified atom stereocenters. The Morgan fingerprint density at radius 1 is 1.53 bits per heavy atom. The monoisotopic (exact) mass is 212 g/mol. The smallest absolute Gasteiger partial charge is 0.140 e. The van der Waals surface area contributed by atoms with Gasteiger partial charge in [-0.3, -0.25) is 9.58 Å². The first-order valence-corrected chi connectivity index (χ1v) is 5.33. The zero-order valence-electron chi connectivity index (χ0n) is 9.72. The van der Waals surface area contributed by atoms with Gasteiger partial charge in [-0.1, -0.05) is 0 Å². The van der Waals surface area contributed by atoms with Crippen LogP contribution < -0.4 is 0 Å². The number of rotatable bonds is 6. The van der Waals surface area contributed by atoms with Crippen LogP contribution in [0.5, 0.6) is 0 Å². The standard InChI is InChI=1S/C10H20N4O/c1-9(2)14(5-4-6-15)7-10-11-8-12-13(10)3/h8-9,15H,4-7H2,1-3H3. The molecule has 0 radical (unpaired) electrons. The zero-order chi connectivity index (χ0) is 11.3. The summed E-state index contributed by atoms with van der Waals surface area (Å²) in [5.74, 6) is 0.960. The lowest BCUT2D eigenvalue weighted by Crippen LogP contribution is -2.32. The van der Waals surface area contributed by atoms with Crippen LogP contribution in [0.3, 0.4) is 0 Å². The van der Waals surface area contributed by atoms with Crippen molar-refractivity contribution in [3.8, 4) is 0 Å². The molecule has 5 heteroatoms. The summed E-state index contributed by atoms with van der Waals surface area (Å²) in [4.78, 5) is 6.47. The molecule has 86 valence electrons. The Bertz CT molecular complexity index is 285. The van der Waals surface area contributed by atoms with Crippen LogP contribution in [0.1, 0.15) is 26.1 Å². The van der Waals surface area contributed by atoms with Gasteiger partial charge < -0.3 is 5.11 Å². The fourth-order valence-corrected chi connectivity index (χ4v) is 1.44. The van der Waals surface area contributed by atoms with Crippen molar-refractivity contribution in [2.24, 2.45) is 7.05 Å². The summed E-state index contributed by atoms with van der Waals surface area (Å²) >= 11 is 0. The van der Waals surface area contributed by atoms with Crippen LogP contribution in [0.2, 0.25) is 0 Å². The molecule has 1 heterocycles. The lowest BCUT2D eigenvalue weighted by molar-refractivity contribution is 0.179. The number of aliphatic hydroxyl groups is 1. The molecule has 5 nitrogen and oxygen atoms in total. The second kappa shape index (κ2) is 5.82. The Labute approximate surface area is 90.7 Å². The molecule has 1 aromatic rings. The maximum atomic E-state index is 8.82. The molecular weight excluding hydrogens is 192 g/mol. The van der Waals surface area contributed by atoms with Crippen molar-refractivity contribution in [1.82, 2.24) is 19.7 Å². The van der Waals surface area contributed by atoms with E-state index in [9.17, 15) is 0 Å². The van der Waals surface area contributed by atoms with E-state index >= 15 is 0 Å². The summed E-state index contributed by atoms with van der Waals surface area (Å²) in [7, 11) is 1.90. The Hall–Kier alpha value is -0.940. The van der Waals surface area contributed by atoms with E-state index in [0.29, 0.717) is 6.04 Å². The second-order valence-electron chi connectivity index (χ2n) is 3.94. The summed E-state index contributed by atoms with van der Waals surface area (Å²) < 4.78 is 1.79. The maximum Gasteiger partial charge on any atom is 0.140 e. The molecule has 0 atom stereocenters. The molecular formula is C10H20N4O. The average molecular weight is 212 g/mol. The molecule has 0 spiro atoms. The minimum atomic E-state index is 0.238. The average Bonchev–Trinajstić information content (AvgIpc) is 2.58. The minimum Gasteiger partial charge on any atom is -0.396 e. The number of aliphatic hydroxyl groups excluding tert-OH is 1. The summed E-state index contributed by atoms with van der Waals surface area (Å²) in [6, 6.07) is 0.452. The van der Waals surface area contributed by atoms with E-state index in [1.807, 2.05) is 7.05 Å². The quantitative estimate of drug-likeness (QED) is 0.742. The van der Waals surface area contributed by atoms with Crippen molar-refractivity contribution in [2.45, 2.75) is 32.9 Å². The number of hydrogen-bond donors (Lipinski definition) is 1. The first-order chi connectivity index (χ1) is 7.15. The molecule has 0 amide bonds. The minimum absolute atomic E-state index is 0.238. The normalized spacial score (nSPS) is 11.6. The summed E-state index contributed by atoms with van der Waals surface area (Å²) in [5, 5.41) is 12.9. The van der Waals surface area contributed by atoms with E-state index < -0.39 is 0 Å². The van der Waals surface area contributed by atoms with Gasteiger partial charge in [-0.05, 0) is 20.3 Å². The van der Waals surface area contributed by atoms with E-state index in [-0.39, 0.29) is 6.61 Å². The van der Waals surface area contributed by atoms with Gasteiger partial charge in [-0.15, -0.1) is 0 Å². The maximum absolute atomic E-state index is 8.82. The van der Waals surface area contributed by atoms with Gasteiger partial charge in [-0.2, -0.15) is 5.10 Å². The highest BCUT2D eigenvalue weighted by atomic mass is 16.3. The van der Waals surface area contributed by atoms with Crippen molar-refractivity contribution in [2.75, 3.05) is 13.2 Å². The Morgan fingerprint density at radius 2 is 2.27 bits per heavy atom. The predicted molar refractivity (Wildman–Crippen MR) is 58.3 cm³/mol. The molecule has 0 aromatic carbocycles. The van der Waals surface area contributed by atoms with Crippen molar-refractivity contribution < 1.29 is 5.11 Å². The third kappa shape index (κ3) is 3.60. The van der Waals surface area contributed by atoms with E-state index in [1.165, 1.54) is 0 Å². The molecule has 1 aromatic heterocycles. The van der Waals surface area contributed by atoms with Crippen LogP contribution in [0.15, 0.2) is 6.33 Å².